The molecular weight excluding hydrogens is 156 g/mol. The van der Waals surface area contributed by atoms with E-state index in [0.717, 1.165) is 0 Å². The van der Waals surface area contributed by atoms with E-state index in [4.69, 9.17) is 0 Å². The number of allylic oxidation sites excluding steroid dienone is 1. The zero-order valence-corrected chi connectivity index (χ0v) is 8.59. The highest BCUT2D eigenvalue weighted by Crippen LogP contribution is 2.19. The predicted molar refractivity (Wildman–Crippen MR) is 60.7 cm³/mol. The molecule has 0 bridgehead atoms. The Kier molecular flexibility index (Phi) is 3.07. The zero-order valence-electron chi connectivity index (χ0n) is 8.59. The van der Waals surface area contributed by atoms with Crippen LogP contribution in [0.25, 0.3) is 12.2 Å². The summed E-state index contributed by atoms with van der Waals surface area (Å²) in [6.45, 7) is 10.1. The number of hydrogen-bond donors (Lipinski definition) is 0. The van der Waals surface area contributed by atoms with Crippen LogP contribution >= 0.6 is 0 Å². The number of hydrogen-bond acceptors (Lipinski definition) is 0. The molecule has 0 aliphatic carbocycles. The van der Waals surface area contributed by atoms with E-state index in [2.05, 4.69) is 44.7 Å². The summed E-state index contributed by atoms with van der Waals surface area (Å²) >= 11 is 0. The van der Waals surface area contributed by atoms with Crippen LogP contribution in [0, 0.1) is 13.8 Å². The first kappa shape index (κ1) is 9.79. The van der Waals surface area contributed by atoms with Crippen LogP contribution in [0.5, 0.6) is 0 Å². The van der Waals surface area contributed by atoms with Crippen LogP contribution in [-0.2, 0) is 0 Å². The van der Waals surface area contributed by atoms with E-state index in [9.17, 15) is 0 Å². The van der Waals surface area contributed by atoms with Gasteiger partial charge in [-0.25, -0.2) is 0 Å². The van der Waals surface area contributed by atoms with Gasteiger partial charge in [0.05, 0.1) is 0 Å². The maximum Gasteiger partial charge on any atom is -0.0161 e. The van der Waals surface area contributed by atoms with Gasteiger partial charge in [0.25, 0.3) is 0 Å². The van der Waals surface area contributed by atoms with E-state index in [1.807, 2.05) is 13.0 Å². The summed E-state index contributed by atoms with van der Waals surface area (Å²) in [5.41, 5.74) is 5.10. The zero-order chi connectivity index (χ0) is 9.84. The molecule has 1 aromatic carbocycles. The smallest absolute Gasteiger partial charge is 0.0161 e. The van der Waals surface area contributed by atoms with Gasteiger partial charge >= 0.3 is 0 Å². The Labute approximate surface area is 80.6 Å². The van der Waals surface area contributed by atoms with E-state index in [-0.39, 0.29) is 0 Å². The van der Waals surface area contributed by atoms with Gasteiger partial charge in [0.2, 0.25) is 0 Å². The molecule has 1 aromatic rings. The third-order valence-corrected chi connectivity index (χ3v) is 2.11. The molecule has 0 saturated carbocycles. The Morgan fingerprint density at radius 3 is 2.46 bits per heavy atom. The van der Waals surface area contributed by atoms with Crippen LogP contribution in [0.4, 0.5) is 0 Å². The molecule has 0 aromatic heterocycles. The first-order valence-corrected chi connectivity index (χ1v) is 4.55. The van der Waals surface area contributed by atoms with Crippen molar-refractivity contribution in [1.29, 1.82) is 0 Å². The Balaban J connectivity index is 3.37. The molecule has 0 unspecified atom stereocenters. The van der Waals surface area contributed by atoms with Crippen molar-refractivity contribution in [1.82, 2.24) is 0 Å². The second-order valence-electron chi connectivity index (χ2n) is 3.29. The normalized spacial score (nSPS) is 10.7. The molecule has 0 aliphatic rings. The van der Waals surface area contributed by atoms with Crippen molar-refractivity contribution in [2.24, 2.45) is 0 Å². The van der Waals surface area contributed by atoms with Gasteiger partial charge in [0, 0.05) is 0 Å². The molecule has 0 radical (unpaired) electrons. The molecule has 13 heavy (non-hydrogen) atoms. The highest BCUT2D eigenvalue weighted by atomic mass is 14.0. The lowest BCUT2D eigenvalue weighted by molar-refractivity contribution is 1.35. The van der Waals surface area contributed by atoms with Gasteiger partial charge in [0.1, 0.15) is 0 Å². The Hall–Kier alpha value is -1.30. The van der Waals surface area contributed by atoms with Crippen LogP contribution < -0.4 is 0 Å². The SMILES string of the molecule is C=Cc1c(C)cc(C)cc1/C=C\C. The molecule has 0 amide bonds. The fourth-order valence-electron chi connectivity index (χ4n) is 1.61. The highest BCUT2D eigenvalue weighted by Gasteiger charge is 2.00. The van der Waals surface area contributed by atoms with Crippen molar-refractivity contribution in [3.05, 3.63) is 47.0 Å². The molecule has 0 nitrogen and oxygen atoms in total. The van der Waals surface area contributed by atoms with Crippen LogP contribution in [-0.4, -0.2) is 0 Å². The lowest BCUT2D eigenvalue weighted by atomic mass is 9.98. The first-order chi connectivity index (χ1) is 6.19. The summed E-state index contributed by atoms with van der Waals surface area (Å²) < 4.78 is 0. The first-order valence-electron chi connectivity index (χ1n) is 4.55. The molecule has 0 spiro atoms. The average molecular weight is 172 g/mol. The van der Waals surface area contributed by atoms with Crippen LogP contribution in [0.1, 0.15) is 29.2 Å². The molecule has 0 fully saturated rings. The third kappa shape index (κ3) is 2.09. The highest BCUT2D eigenvalue weighted by molar-refractivity contribution is 5.67. The molecule has 68 valence electrons. The van der Waals surface area contributed by atoms with Crippen LogP contribution in [0.2, 0.25) is 0 Å². The maximum atomic E-state index is 3.83. The van der Waals surface area contributed by atoms with Crippen molar-refractivity contribution in [3.63, 3.8) is 0 Å². The van der Waals surface area contributed by atoms with Gasteiger partial charge in [-0.3, -0.25) is 0 Å². The van der Waals surface area contributed by atoms with Gasteiger partial charge in [-0.05, 0) is 37.5 Å². The fourth-order valence-corrected chi connectivity index (χ4v) is 1.61. The maximum absolute atomic E-state index is 3.83. The van der Waals surface area contributed by atoms with Gasteiger partial charge in [-0.2, -0.15) is 0 Å². The molecule has 0 saturated heterocycles. The molecule has 0 atom stereocenters. The van der Waals surface area contributed by atoms with E-state index in [1.165, 1.54) is 22.3 Å². The summed E-state index contributed by atoms with van der Waals surface area (Å²) in [5, 5.41) is 0. The molecule has 0 N–H and O–H groups in total. The summed E-state index contributed by atoms with van der Waals surface area (Å²) in [5.74, 6) is 0. The van der Waals surface area contributed by atoms with Gasteiger partial charge in [0.15, 0.2) is 0 Å². The number of rotatable bonds is 2. The molecule has 0 heterocycles. The standard InChI is InChI=1S/C13H16/c1-5-7-12-9-10(3)8-11(4)13(12)6-2/h5-9H,2H2,1,3-4H3/b7-5-. The van der Waals surface area contributed by atoms with E-state index in [0.29, 0.717) is 0 Å². The molecule has 1 rings (SSSR count). The Morgan fingerprint density at radius 2 is 1.92 bits per heavy atom. The van der Waals surface area contributed by atoms with E-state index >= 15 is 0 Å². The largest absolute Gasteiger partial charge is 0.0984 e. The average Bonchev–Trinajstić information content (AvgIpc) is 2.04. The summed E-state index contributed by atoms with van der Waals surface area (Å²) in [6.07, 6.45) is 6.10. The third-order valence-electron chi connectivity index (χ3n) is 2.11. The lowest BCUT2D eigenvalue weighted by Crippen LogP contribution is -1.87. The molecule has 0 heteroatoms. The summed E-state index contributed by atoms with van der Waals surface area (Å²) in [6, 6.07) is 4.37. The minimum absolute atomic E-state index is 1.24. The van der Waals surface area contributed by atoms with Crippen LogP contribution in [0.15, 0.2) is 24.8 Å². The van der Waals surface area contributed by atoms with Gasteiger partial charge in [-0.1, -0.05) is 42.5 Å². The second kappa shape index (κ2) is 4.08. The van der Waals surface area contributed by atoms with E-state index in [1.54, 1.807) is 0 Å². The number of aryl methyl sites for hydroxylation is 2. The monoisotopic (exact) mass is 172 g/mol. The van der Waals surface area contributed by atoms with Crippen molar-refractivity contribution >= 4 is 12.2 Å². The summed E-state index contributed by atoms with van der Waals surface area (Å²) in [7, 11) is 0. The molecular formula is C13H16. The lowest BCUT2D eigenvalue weighted by Gasteiger charge is -2.06. The Bertz CT molecular complexity index is 343. The quantitative estimate of drug-likeness (QED) is 0.633. The van der Waals surface area contributed by atoms with Gasteiger partial charge < -0.3 is 0 Å². The van der Waals surface area contributed by atoms with Crippen molar-refractivity contribution in [2.75, 3.05) is 0 Å². The van der Waals surface area contributed by atoms with Crippen LogP contribution in [0.3, 0.4) is 0 Å². The van der Waals surface area contributed by atoms with Crippen molar-refractivity contribution < 1.29 is 0 Å². The van der Waals surface area contributed by atoms with E-state index < -0.39 is 0 Å². The fraction of sp³-hybridized carbons (Fsp3) is 0.231. The second-order valence-corrected chi connectivity index (χ2v) is 3.29. The van der Waals surface area contributed by atoms with Gasteiger partial charge in [-0.15, -0.1) is 0 Å². The topological polar surface area (TPSA) is 0 Å². The van der Waals surface area contributed by atoms with Crippen molar-refractivity contribution in [2.45, 2.75) is 20.8 Å². The molecule has 0 aliphatic heterocycles. The minimum atomic E-state index is 1.24. The Morgan fingerprint density at radius 1 is 1.23 bits per heavy atom. The number of benzene rings is 1. The predicted octanol–water partition coefficient (Wildman–Crippen LogP) is 3.98. The minimum Gasteiger partial charge on any atom is -0.0984 e. The van der Waals surface area contributed by atoms with Crippen molar-refractivity contribution in [3.8, 4) is 0 Å². The summed E-state index contributed by atoms with van der Waals surface area (Å²) in [4.78, 5) is 0.